The van der Waals surface area contributed by atoms with Crippen LogP contribution < -0.4 is 14.8 Å². The van der Waals surface area contributed by atoms with Crippen molar-refractivity contribution in [1.29, 1.82) is 0 Å². The Morgan fingerprint density at radius 2 is 1.77 bits per heavy atom. The molecule has 1 N–H and O–H groups in total. The number of aryl methyl sites for hydroxylation is 1. The predicted molar refractivity (Wildman–Crippen MR) is 133 cm³/mol. The lowest BCUT2D eigenvalue weighted by atomic mass is 10.1. The number of benzene rings is 2. The maximum Gasteiger partial charge on any atom is 0.257 e. The zero-order valence-corrected chi connectivity index (χ0v) is 20.5. The van der Waals surface area contributed by atoms with Gasteiger partial charge in [0.2, 0.25) is 0 Å². The van der Waals surface area contributed by atoms with Gasteiger partial charge in [-0.2, -0.15) is 5.10 Å². The van der Waals surface area contributed by atoms with Gasteiger partial charge in [0.25, 0.3) is 5.91 Å². The molecule has 0 radical (unpaired) electrons. The van der Waals surface area contributed by atoms with Crippen LogP contribution in [0.4, 0.5) is 5.82 Å². The molecule has 0 saturated heterocycles. The van der Waals surface area contributed by atoms with Crippen LogP contribution in [0, 0.1) is 0 Å². The van der Waals surface area contributed by atoms with E-state index in [1.54, 1.807) is 84.7 Å². The first kappa shape index (κ1) is 25.5. The number of aromatic nitrogens is 2. The molecule has 0 saturated carbocycles. The number of ketones is 1. The van der Waals surface area contributed by atoms with Gasteiger partial charge >= 0.3 is 0 Å². The Kier molecular flexibility index (Phi) is 8.63. The largest absolute Gasteiger partial charge is 0.488 e. The van der Waals surface area contributed by atoms with Crippen molar-refractivity contribution in [2.45, 2.75) is 13.0 Å². The lowest BCUT2D eigenvalue weighted by Crippen LogP contribution is -2.18. The van der Waals surface area contributed by atoms with E-state index in [-0.39, 0.29) is 17.8 Å². The number of hydrogen-bond acceptors (Lipinski definition) is 7. The molecule has 1 aromatic heterocycles. The molecule has 0 aliphatic rings. The minimum absolute atomic E-state index is 0.110. The van der Waals surface area contributed by atoms with Gasteiger partial charge in [-0.05, 0) is 43.3 Å². The second-order valence-corrected chi connectivity index (χ2v) is 8.18. The minimum Gasteiger partial charge on any atom is -0.488 e. The molecule has 184 valence electrons. The molecule has 0 bridgehead atoms. The molecular weight excluding hydrogens is 448 g/mol. The van der Waals surface area contributed by atoms with Gasteiger partial charge in [0.1, 0.15) is 23.4 Å². The quantitative estimate of drug-likeness (QED) is 0.327. The smallest absolute Gasteiger partial charge is 0.257 e. The van der Waals surface area contributed by atoms with Gasteiger partial charge in [0, 0.05) is 70.0 Å². The van der Waals surface area contributed by atoms with Crippen LogP contribution in [-0.2, 0) is 11.8 Å². The van der Waals surface area contributed by atoms with Crippen LogP contribution in [-0.4, -0.2) is 60.3 Å². The van der Waals surface area contributed by atoms with Gasteiger partial charge in [0.15, 0.2) is 11.6 Å². The standard InChI is InChI=1S/C26H30N4O5/c1-18(17-33-5)34-22-14-20(26(32)27-25-11-13-30(4)28-25)15-23(16-22)35-21-8-6-19(7-9-21)24(31)10-12-29(2)3/h6-16,18H,17H2,1-5H3,(H,27,28,32)/t18-/m0/s1. The molecule has 3 rings (SSSR count). The van der Waals surface area contributed by atoms with Crippen LogP contribution in [0.3, 0.4) is 0 Å². The number of amides is 1. The fraction of sp³-hybridized carbons (Fsp3) is 0.269. The van der Waals surface area contributed by atoms with Crippen LogP contribution in [0.2, 0.25) is 0 Å². The van der Waals surface area contributed by atoms with E-state index in [1.165, 1.54) is 6.08 Å². The lowest BCUT2D eigenvalue weighted by Gasteiger charge is -2.16. The van der Waals surface area contributed by atoms with Crippen molar-refractivity contribution < 1.29 is 23.8 Å². The summed E-state index contributed by atoms with van der Waals surface area (Å²) in [4.78, 5) is 26.9. The summed E-state index contributed by atoms with van der Waals surface area (Å²) in [5.74, 6) is 1.34. The highest BCUT2D eigenvalue weighted by Gasteiger charge is 2.14. The van der Waals surface area contributed by atoms with Crippen LogP contribution >= 0.6 is 0 Å². The molecule has 0 fully saturated rings. The fourth-order valence-corrected chi connectivity index (χ4v) is 3.14. The van der Waals surface area contributed by atoms with E-state index in [1.807, 2.05) is 21.0 Å². The molecular formula is C26H30N4O5. The van der Waals surface area contributed by atoms with Crippen molar-refractivity contribution in [3.05, 3.63) is 78.1 Å². The molecule has 2 aromatic carbocycles. The second kappa shape index (κ2) is 11.8. The Bertz CT molecular complexity index is 1180. The van der Waals surface area contributed by atoms with Gasteiger partial charge in [-0.15, -0.1) is 0 Å². The molecule has 3 aromatic rings. The van der Waals surface area contributed by atoms with Gasteiger partial charge in [-0.25, -0.2) is 0 Å². The molecule has 1 atom stereocenters. The van der Waals surface area contributed by atoms with Gasteiger partial charge in [0.05, 0.1) is 6.61 Å². The van der Waals surface area contributed by atoms with Crippen LogP contribution in [0.1, 0.15) is 27.6 Å². The molecule has 0 aliphatic carbocycles. The molecule has 1 amide bonds. The predicted octanol–water partition coefficient (Wildman–Crippen LogP) is 4.14. The number of rotatable bonds is 11. The third kappa shape index (κ3) is 7.72. The Hall–Kier alpha value is -4.11. The van der Waals surface area contributed by atoms with Gasteiger partial charge in [-0.3, -0.25) is 14.3 Å². The molecule has 0 aliphatic heterocycles. The first-order valence-electron chi connectivity index (χ1n) is 11.0. The summed E-state index contributed by atoms with van der Waals surface area (Å²) < 4.78 is 18.6. The highest BCUT2D eigenvalue weighted by atomic mass is 16.5. The van der Waals surface area contributed by atoms with Crippen molar-refractivity contribution in [2.75, 3.05) is 33.1 Å². The van der Waals surface area contributed by atoms with E-state index in [4.69, 9.17) is 14.2 Å². The third-order valence-electron chi connectivity index (χ3n) is 4.73. The number of nitrogens with one attached hydrogen (secondary N) is 1. The number of ether oxygens (including phenoxy) is 3. The lowest BCUT2D eigenvalue weighted by molar-refractivity contribution is 0.0915. The van der Waals surface area contributed by atoms with E-state index in [0.29, 0.717) is 40.8 Å². The fourth-order valence-electron chi connectivity index (χ4n) is 3.14. The number of anilines is 1. The van der Waals surface area contributed by atoms with E-state index in [2.05, 4.69) is 10.4 Å². The van der Waals surface area contributed by atoms with Crippen molar-refractivity contribution in [1.82, 2.24) is 14.7 Å². The Morgan fingerprint density at radius 1 is 1.06 bits per heavy atom. The monoisotopic (exact) mass is 478 g/mol. The highest BCUT2D eigenvalue weighted by molar-refractivity contribution is 6.05. The zero-order chi connectivity index (χ0) is 25.4. The van der Waals surface area contributed by atoms with Crippen molar-refractivity contribution >= 4 is 17.5 Å². The Morgan fingerprint density at radius 3 is 2.40 bits per heavy atom. The third-order valence-corrected chi connectivity index (χ3v) is 4.73. The van der Waals surface area contributed by atoms with E-state index in [9.17, 15) is 9.59 Å². The first-order chi connectivity index (χ1) is 16.7. The van der Waals surface area contributed by atoms with E-state index < -0.39 is 0 Å². The molecule has 9 nitrogen and oxygen atoms in total. The van der Waals surface area contributed by atoms with Crippen LogP contribution in [0.5, 0.6) is 17.2 Å². The molecule has 35 heavy (non-hydrogen) atoms. The number of carbonyl (C=O) groups is 2. The number of methoxy groups -OCH3 is 1. The molecule has 9 heteroatoms. The average Bonchev–Trinajstić information content (AvgIpc) is 3.22. The Labute approximate surface area is 204 Å². The van der Waals surface area contributed by atoms with Gasteiger partial charge in [-0.1, -0.05) is 0 Å². The summed E-state index contributed by atoms with van der Waals surface area (Å²) in [5.41, 5.74) is 0.879. The maximum atomic E-state index is 12.9. The van der Waals surface area contributed by atoms with Crippen LogP contribution in [0.25, 0.3) is 0 Å². The summed E-state index contributed by atoms with van der Waals surface area (Å²) >= 11 is 0. The topological polar surface area (TPSA) is 94.9 Å². The number of hydrogen-bond donors (Lipinski definition) is 1. The van der Waals surface area contributed by atoms with Crippen molar-refractivity contribution in [2.24, 2.45) is 7.05 Å². The molecule has 0 spiro atoms. The highest BCUT2D eigenvalue weighted by Crippen LogP contribution is 2.29. The minimum atomic E-state index is -0.355. The maximum absolute atomic E-state index is 12.9. The normalized spacial score (nSPS) is 11.8. The molecule has 0 unspecified atom stereocenters. The number of allylic oxidation sites excluding steroid dienone is 1. The Balaban J connectivity index is 1.82. The summed E-state index contributed by atoms with van der Waals surface area (Å²) in [6, 6.07) is 13.4. The summed E-state index contributed by atoms with van der Waals surface area (Å²) in [5, 5.41) is 6.94. The summed E-state index contributed by atoms with van der Waals surface area (Å²) in [6.45, 7) is 2.25. The summed E-state index contributed by atoms with van der Waals surface area (Å²) in [6.07, 6.45) is 4.70. The van der Waals surface area contributed by atoms with Crippen LogP contribution in [0.15, 0.2) is 67.0 Å². The average molecular weight is 479 g/mol. The second-order valence-electron chi connectivity index (χ2n) is 8.18. The van der Waals surface area contributed by atoms with Crippen molar-refractivity contribution in [3.63, 3.8) is 0 Å². The van der Waals surface area contributed by atoms with E-state index >= 15 is 0 Å². The zero-order valence-electron chi connectivity index (χ0n) is 20.5. The number of nitrogens with zero attached hydrogens (tertiary/aromatic N) is 3. The first-order valence-corrected chi connectivity index (χ1v) is 11.0. The summed E-state index contributed by atoms with van der Waals surface area (Å²) in [7, 11) is 7.05. The molecule has 1 heterocycles. The van der Waals surface area contributed by atoms with E-state index in [0.717, 1.165) is 0 Å². The number of carbonyl (C=O) groups excluding carboxylic acids is 2. The SMILES string of the molecule is COC[C@H](C)Oc1cc(Oc2ccc(C(=O)C=CN(C)C)cc2)cc(C(=O)Nc2ccn(C)n2)c1. The van der Waals surface area contributed by atoms with Crippen molar-refractivity contribution in [3.8, 4) is 17.2 Å². The van der Waals surface area contributed by atoms with Gasteiger partial charge < -0.3 is 24.4 Å².